The maximum absolute atomic E-state index is 11.8. The molecule has 0 aliphatic rings. The number of hydrogen-bond donors (Lipinski definition) is 1. The molecule has 0 aromatic rings. The molecule has 0 saturated heterocycles. The van der Waals surface area contributed by atoms with Crippen LogP contribution in [0.2, 0.25) is 0 Å². The Kier molecular flexibility index (Phi) is 6.85. The van der Waals surface area contributed by atoms with Crippen LogP contribution in [0.5, 0.6) is 0 Å². The van der Waals surface area contributed by atoms with E-state index in [-0.39, 0.29) is 0 Å². The summed E-state index contributed by atoms with van der Waals surface area (Å²) in [6.07, 6.45) is -3.22. The summed E-state index contributed by atoms with van der Waals surface area (Å²) in [7, 11) is 0. The van der Waals surface area contributed by atoms with Crippen LogP contribution in [0, 0.1) is 0 Å². The highest BCUT2D eigenvalue weighted by molar-refractivity contribution is 6.17. The normalized spacial score (nSPS) is 15.4. The molecule has 0 heterocycles. The van der Waals surface area contributed by atoms with Gasteiger partial charge in [0.1, 0.15) is 13.2 Å². The topological polar surface area (TPSA) is 38.3 Å². The maximum Gasteiger partial charge on any atom is 0.411 e. The first-order valence-corrected chi connectivity index (χ1v) is 5.77. The van der Waals surface area contributed by atoms with Gasteiger partial charge in [0.2, 0.25) is 5.91 Å². The first kappa shape index (κ1) is 16.5. The van der Waals surface area contributed by atoms with Gasteiger partial charge in [-0.3, -0.25) is 4.79 Å². The van der Waals surface area contributed by atoms with Crippen molar-refractivity contribution in [3.8, 4) is 0 Å². The van der Waals surface area contributed by atoms with Crippen molar-refractivity contribution in [1.29, 1.82) is 0 Å². The van der Waals surface area contributed by atoms with E-state index in [2.05, 4.69) is 10.1 Å². The van der Waals surface area contributed by atoms with Gasteiger partial charge in [-0.15, -0.1) is 11.6 Å². The zero-order chi connectivity index (χ0) is 13.5. The minimum Gasteiger partial charge on any atom is -0.362 e. The van der Waals surface area contributed by atoms with E-state index in [1.165, 1.54) is 0 Å². The number of nitrogens with one attached hydrogen (secondary N) is 1. The van der Waals surface area contributed by atoms with Gasteiger partial charge >= 0.3 is 6.18 Å². The molecule has 0 aliphatic heterocycles. The molecule has 0 rings (SSSR count). The minimum atomic E-state index is -4.41. The lowest BCUT2D eigenvalue weighted by molar-refractivity contribution is -0.176. The van der Waals surface area contributed by atoms with Gasteiger partial charge in [0.25, 0.3) is 0 Å². The third-order valence-corrected chi connectivity index (χ3v) is 2.56. The van der Waals surface area contributed by atoms with Crippen LogP contribution < -0.4 is 5.32 Å². The van der Waals surface area contributed by atoms with Crippen LogP contribution in [0.25, 0.3) is 0 Å². The third-order valence-electron chi connectivity index (χ3n) is 2.37. The first-order chi connectivity index (χ1) is 7.72. The molecule has 1 unspecified atom stereocenters. The third kappa shape index (κ3) is 8.26. The number of carbonyl (C=O) groups excluding carboxylic acids is 1. The van der Waals surface area contributed by atoms with Crippen LogP contribution in [0.4, 0.5) is 13.2 Å². The summed E-state index contributed by atoms with van der Waals surface area (Å²) in [6.45, 7) is 1.64. The van der Waals surface area contributed by atoms with Crippen LogP contribution in [0.3, 0.4) is 0 Å². The Morgan fingerprint density at radius 1 is 1.41 bits per heavy atom. The molecule has 0 fully saturated rings. The highest BCUT2D eigenvalue weighted by atomic mass is 35.5. The van der Waals surface area contributed by atoms with Crippen molar-refractivity contribution in [2.24, 2.45) is 0 Å². The van der Waals surface area contributed by atoms with Crippen molar-refractivity contribution in [1.82, 2.24) is 5.32 Å². The molecule has 1 amide bonds. The Balaban J connectivity index is 4.00. The Hall–Kier alpha value is -0.490. The molecule has 7 heteroatoms. The standard InChI is InChI=1S/C10H17ClF3NO2/c1-3-9(2,4-5-11)15-8(16)6-17-7-10(12,13)14/h3-7H2,1-2H3,(H,15,16). The number of alkyl halides is 4. The smallest absolute Gasteiger partial charge is 0.362 e. The van der Waals surface area contributed by atoms with E-state index in [1.807, 2.05) is 6.92 Å². The number of carbonyl (C=O) groups is 1. The number of halogens is 4. The molecule has 1 N–H and O–H groups in total. The molecule has 0 spiro atoms. The van der Waals surface area contributed by atoms with E-state index in [4.69, 9.17) is 11.6 Å². The highest BCUT2D eigenvalue weighted by Crippen LogP contribution is 2.16. The minimum absolute atomic E-state index is 0.369. The van der Waals surface area contributed by atoms with E-state index >= 15 is 0 Å². The molecule has 0 bridgehead atoms. The van der Waals surface area contributed by atoms with E-state index < -0.39 is 30.8 Å². The first-order valence-electron chi connectivity index (χ1n) is 5.24. The Bertz CT molecular complexity index is 248. The number of rotatable bonds is 7. The Morgan fingerprint density at radius 2 is 2.00 bits per heavy atom. The van der Waals surface area contributed by atoms with Crippen molar-refractivity contribution < 1.29 is 22.7 Å². The van der Waals surface area contributed by atoms with E-state index in [1.54, 1.807) is 6.92 Å². The molecule has 102 valence electrons. The molecule has 0 radical (unpaired) electrons. The molecule has 0 aromatic heterocycles. The van der Waals surface area contributed by atoms with Crippen molar-refractivity contribution in [3.63, 3.8) is 0 Å². The van der Waals surface area contributed by atoms with Crippen molar-refractivity contribution >= 4 is 17.5 Å². The Labute approximate surface area is 104 Å². The number of amides is 1. The lowest BCUT2D eigenvalue weighted by atomic mass is 9.95. The van der Waals surface area contributed by atoms with Gasteiger partial charge < -0.3 is 10.1 Å². The second kappa shape index (κ2) is 7.06. The molecule has 0 saturated carbocycles. The zero-order valence-corrected chi connectivity index (χ0v) is 10.6. The fourth-order valence-electron chi connectivity index (χ4n) is 1.17. The highest BCUT2D eigenvalue weighted by Gasteiger charge is 2.28. The summed E-state index contributed by atoms with van der Waals surface area (Å²) in [5, 5.41) is 2.61. The summed E-state index contributed by atoms with van der Waals surface area (Å²) in [5.74, 6) is -0.197. The molecule has 17 heavy (non-hydrogen) atoms. The fourth-order valence-corrected chi connectivity index (χ4v) is 1.59. The SMILES string of the molecule is CCC(C)(CCCl)NC(=O)COCC(F)(F)F. The fraction of sp³-hybridized carbons (Fsp3) is 0.900. The largest absolute Gasteiger partial charge is 0.411 e. The molecular weight excluding hydrogens is 259 g/mol. The quantitative estimate of drug-likeness (QED) is 0.725. The lowest BCUT2D eigenvalue weighted by Gasteiger charge is -2.28. The second-order valence-electron chi connectivity index (χ2n) is 4.01. The van der Waals surface area contributed by atoms with Gasteiger partial charge in [-0.25, -0.2) is 0 Å². The Morgan fingerprint density at radius 3 is 2.41 bits per heavy atom. The average Bonchev–Trinajstić information content (AvgIpc) is 2.15. The molecule has 3 nitrogen and oxygen atoms in total. The average molecular weight is 276 g/mol. The predicted octanol–water partition coefficient (Wildman–Crippen LogP) is 2.48. The summed E-state index contributed by atoms with van der Waals surface area (Å²) < 4.78 is 39.5. The zero-order valence-electron chi connectivity index (χ0n) is 9.86. The molecule has 0 aromatic carbocycles. The van der Waals surface area contributed by atoms with Gasteiger partial charge in [0, 0.05) is 11.4 Å². The van der Waals surface area contributed by atoms with Crippen molar-refractivity contribution in [2.75, 3.05) is 19.1 Å². The van der Waals surface area contributed by atoms with Crippen molar-refractivity contribution in [3.05, 3.63) is 0 Å². The van der Waals surface area contributed by atoms with Crippen LogP contribution >= 0.6 is 11.6 Å². The van der Waals surface area contributed by atoms with Gasteiger partial charge in [-0.05, 0) is 19.8 Å². The van der Waals surface area contributed by atoms with E-state index in [9.17, 15) is 18.0 Å². The van der Waals surface area contributed by atoms with E-state index in [0.29, 0.717) is 18.7 Å². The molecule has 1 atom stereocenters. The van der Waals surface area contributed by atoms with Gasteiger partial charge in [-0.2, -0.15) is 13.2 Å². The molecule has 0 aliphatic carbocycles. The number of hydrogen-bond acceptors (Lipinski definition) is 2. The lowest BCUT2D eigenvalue weighted by Crippen LogP contribution is -2.47. The van der Waals surface area contributed by atoms with E-state index in [0.717, 1.165) is 0 Å². The van der Waals surface area contributed by atoms with Crippen molar-refractivity contribution in [2.45, 2.75) is 38.4 Å². The van der Waals surface area contributed by atoms with Gasteiger partial charge in [0.15, 0.2) is 0 Å². The van der Waals surface area contributed by atoms with Crippen LogP contribution in [-0.2, 0) is 9.53 Å². The predicted molar refractivity (Wildman–Crippen MR) is 59.0 cm³/mol. The summed E-state index contributed by atoms with van der Waals surface area (Å²) in [6, 6.07) is 0. The van der Waals surface area contributed by atoms with Crippen LogP contribution in [0.15, 0.2) is 0 Å². The summed E-state index contributed by atoms with van der Waals surface area (Å²) >= 11 is 5.58. The number of ether oxygens (including phenoxy) is 1. The molecular formula is C10H17ClF3NO2. The van der Waals surface area contributed by atoms with Crippen LogP contribution in [0.1, 0.15) is 26.7 Å². The monoisotopic (exact) mass is 275 g/mol. The summed E-state index contributed by atoms with van der Waals surface area (Å²) in [5.41, 5.74) is -0.500. The van der Waals surface area contributed by atoms with Gasteiger partial charge in [0.05, 0.1) is 0 Å². The second-order valence-corrected chi connectivity index (χ2v) is 4.39. The maximum atomic E-state index is 11.8. The van der Waals surface area contributed by atoms with Crippen LogP contribution in [-0.4, -0.2) is 36.7 Å². The van der Waals surface area contributed by atoms with Gasteiger partial charge in [-0.1, -0.05) is 6.92 Å². The summed E-state index contributed by atoms with van der Waals surface area (Å²) in [4.78, 5) is 11.3.